The van der Waals surface area contributed by atoms with E-state index >= 15 is 0 Å². The first-order valence-electron chi connectivity index (χ1n) is 5.20. The van der Waals surface area contributed by atoms with Gasteiger partial charge in [-0.25, -0.2) is 0 Å². The molecule has 1 atom stereocenters. The summed E-state index contributed by atoms with van der Waals surface area (Å²) >= 11 is 1.41. The summed E-state index contributed by atoms with van der Waals surface area (Å²) in [6.45, 7) is 9.15. The third-order valence-corrected chi connectivity index (χ3v) is 3.37. The van der Waals surface area contributed by atoms with Crippen LogP contribution in [0.25, 0.3) is 0 Å². The number of hydrogen-bond acceptors (Lipinski definition) is 5. The molecule has 2 rings (SSSR count). The lowest BCUT2D eigenvalue weighted by molar-refractivity contribution is -0.0953. The molecule has 1 saturated heterocycles. The Hall–Kier alpha value is -0.520. The summed E-state index contributed by atoms with van der Waals surface area (Å²) in [5.74, 6) is 0. The standard InChI is InChI=1S/C10H17N3OS/c1-8-4-13(10(2,3)7-14-8)5-9-6-15-12-11-9/h6,8H,4-5,7H2,1-3H3. The van der Waals surface area contributed by atoms with Crippen LogP contribution in [0, 0.1) is 0 Å². The van der Waals surface area contributed by atoms with Crippen molar-refractivity contribution in [3.8, 4) is 0 Å². The summed E-state index contributed by atoms with van der Waals surface area (Å²) < 4.78 is 9.56. The molecule has 0 bridgehead atoms. The van der Waals surface area contributed by atoms with E-state index in [0.717, 1.165) is 25.4 Å². The van der Waals surface area contributed by atoms with E-state index < -0.39 is 0 Å². The van der Waals surface area contributed by atoms with Gasteiger partial charge in [-0.05, 0) is 32.3 Å². The van der Waals surface area contributed by atoms with Gasteiger partial charge in [-0.1, -0.05) is 4.49 Å². The number of ether oxygens (including phenoxy) is 1. The molecule has 0 spiro atoms. The highest BCUT2D eigenvalue weighted by atomic mass is 32.1. The molecule has 0 amide bonds. The van der Waals surface area contributed by atoms with Gasteiger partial charge in [0.1, 0.15) is 0 Å². The molecule has 1 aliphatic heterocycles. The van der Waals surface area contributed by atoms with Crippen LogP contribution in [0.15, 0.2) is 5.38 Å². The minimum Gasteiger partial charge on any atom is -0.375 e. The van der Waals surface area contributed by atoms with Crippen molar-refractivity contribution in [2.75, 3.05) is 13.2 Å². The molecule has 0 aromatic carbocycles. The van der Waals surface area contributed by atoms with Gasteiger partial charge in [-0.15, -0.1) is 5.10 Å². The molecule has 0 N–H and O–H groups in total. The maximum Gasteiger partial charge on any atom is 0.0895 e. The van der Waals surface area contributed by atoms with Gasteiger partial charge in [0.25, 0.3) is 0 Å². The predicted molar refractivity (Wildman–Crippen MR) is 59.8 cm³/mol. The van der Waals surface area contributed by atoms with Crippen molar-refractivity contribution in [3.05, 3.63) is 11.1 Å². The summed E-state index contributed by atoms with van der Waals surface area (Å²) in [6, 6.07) is 0. The third-order valence-electron chi connectivity index (χ3n) is 2.81. The van der Waals surface area contributed by atoms with Crippen molar-refractivity contribution in [1.29, 1.82) is 0 Å². The number of nitrogens with zero attached hydrogens (tertiary/aromatic N) is 3. The minimum absolute atomic E-state index is 0.0934. The lowest BCUT2D eigenvalue weighted by Crippen LogP contribution is -2.54. The second kappa shape index (κ2) is 4.15. The summed E-state index contributed by atoms with van der Waals surface area (Å²) in [7, 11) is 0. The zero-order valence-electron chi connectivity index (χ0n) is 9.43. The fourth-order valence-electron chi connectivity index (χ4n) is 1.77. The second-order valence-corrected chi connectivity index (χ2v) is 5.32. The largest absolute Gasteiger partial charge is 0.375 e. The molecule has 15 heavy (non-hydrogen) atoms. The van der Waals surface area contributed by atoms with Gasteiger partial charge in [0.2, 0.25) is 0 Å². The lowest BCUT2D eigenvalue weighted by atomic mass is 10.0. The van der Waals surface area contributed by atoms with Crippen molar-refractivity contribution in [1.82, 2.24) is 14.5 Å². The van der Waals surface area contributed by atoms with Crippen LogP contribution >= 0.6 is 11.5 Å². The van der Waals surface area contributed by atoms with Crippen molar-refractivity contribution in [3.63, 3.8) is 0 Å². The molecule has 5 heteroatoms. The molecule has 1 unspecified atom stereocenters. The topological polar surface area (TPSA) is 38.2 Å². The van der Waals surface area contributed by atoms with E-state index in [1.54, 1.807) is 0 Å². The monoisotopic (exact) mass is 227 g/mol. The van der Waals surface area contributed by atoms with Gasteiger partial charge in [-0.2, -0.15) is 0 Å². The summed E-state index contributed by atoms with van der Waals surface area (Å²) in [5.41, 5.74) is 1.15. The molecule has 1 aromatic heterocycles. The molecule has 1 aromatic rings. The SMILES string of the molecule is CC1CN(Cc2csnn2)C(C)(C)CO1. The summed E-state index contributed by atoms with van der Waals surface area (Å²) in [4.78, 5) is 2.41. The average Bonchev–Trinajstić information content (AvgIpc) is 2.65. The number of morpholine rings is 1. The summed E-state index contributed by atoms with van der Waals surface area (Å²) in [6.07, 6.45) is 0.310. The molecule has 0 radical (unpaired) electrons. The van der Waals surface area contributed by atoms with Gasteiger partial charge < -0.3 is 4.74 Å². The van der Waals surface area contributed by atoms with E-state index in [4.69, 9.17) is 4.74 Å². The van der Waals surface area contributed by atoms with E-state index in [9.17, 15) is 0 Å². The number of aromatic nitrogens is 2. The molecule has 84 valence electrons. The number of hydrogen-bond donors (Lipinski definition) is 0. The van der Waals surface area contributed by atoms with Gasteiger partial charge in [0.05, 0.1) is 18.4 Å². The second-order valence-electron chi connectivity index (χ2n) is 4.71. The highest BCUT2D eigenvalue weighted by Gasteiger charge is 2.33. The van der Waals surface area contributed by atoms with E-state index in [0.29, 0.717) is 6.10 Å². The van der Waals surface area contributed by atoms with Crippen molar-refractivity contribution >= 4 is 11.5 Å². The van der Waals surface area contributed by atoms with E-state index in [-0.39, 0.29) is 5.54 Å². The van der Waals surface area contributed by atoms with Gasteiger partial charge in [0, 0.05) is 24.0 Å². The van der Waals surface area contributed by atoms with Crippen LogP contribution in [0.4, 0.5) is 0 Å². The highest BCUT2D eigenvalue weighted by Crippen LogP contribution is 2.23. The molecule has 2 heterocycles. The van der Waals surface area contributed by atoms with E-state index in [1.807, 2.05) is 5.38 Å². The first-order valence-corrected chi connectivity index (χ1v) is 6.04. The van der Waals surface area contributed by atoms with Crippen molar-refractivity contribution in [2.24, 2.45) is 0 Å². The lowest BCUT2D eigenvalue weighted by Gasteiger charge is -2.44. The average molecular weight is 227 g/mol. The Bertz CT molecular complexity index is 312. The Balaban J connectivity index is 2.05. The molecule has 4 nitrogen and oxygen atoms in total. The smallest absolute Gasteiger partial charge is 0.0895 e. The fraction of sp³-hybridized carbons (Fsp3) is 0.800. The third kappa shape index (κ3) is 2.53. The molecular weight excluding hydrogens is 210 g/mol. The fourth-order valence-corrected chi connectivity index (χ4v) is 2.22. The van der Waals surface area contributed by atoms with Gasteiger partial charge in [0.15, 0.2) is 0 Å². The van der Waals surface area contributed by atoms with E-state index in [1.165, 1.54) is 11.5 Å². The molecule has 0 aliphatic carbocycles. The minimum atomic E-state index is 0.0934. The first-order chi connectivity index (χ1) is 7.08. The Kier molecular flexibility index (Phi) is 3.04. The van der Waals surface area contributed by atoms with Crippen molar-refractivity contribution in [2.45, 2.75) is 39.0 Å². The highest BCUT2D eigenvalue weighted by molar-refractivity contribution is 7.03. The van der Waals surface area contributed by atoms with Crippen LogP contribution < -0.4 is 0 Å². The van der Waals surface area contributed by atoms with Crippen LogP contribution in [-0.4, -0.2) is 39.3 Å². The molecule has 0 saturated carbocycles. The number of rotatable bonds is 2. The molecular formula is C10H17N3OS. The summed E-state index contributed by atoms with van der Waals surface area (Å²) in [5, 5.41) is 6.10. The van der Waals surface area contributed by atoms with Crippen LogP contribution in [0.1, 0.15) is 26.5 Å². The zero-order chi connectivity index (χ0) is 10.9. The van der Waals surface area contributed by atoms with Crippen LogP contribution in [0.2, 0.25) is 0 Å². The van der Waals surface area contributed by atoms with Crippen LogP contribution in [0.5, 0.6) is 0 Å². The first kappa shape index (κ1) is 11.0. The Morgan fingerprint density at radius 3 is 3.13 bits per heavy atom. The maximum absolute atomic E-state index is 5.67. The Labute approximate surface area is 94.4 Å². The molecule has 1 fully saturated rings. The van der Waals surface area contributed by atoms with Crippen molar-refractivity contribution < 1.29 is 4.74 Å². The van der Waals surface area contributed by atoms with Crippen LogP contribution in [0.3, 0.4) is 0 Å². The predicted octanol–water partition coefficient (Wildman–Crippen LogP) is 1.54. The maximum atomic E-state index is 5.67. The van der Waals surface area contributed by atoms with Gasteiger partial charge in [-0.3, -0.25) is 4.90 Å². The Morgan fingerprint density at radius 1 is 1.67 bits per heavy atom. The molecule has 1 aliphatic rings. The normalized spacial score (nSPS) is 26.7. The Morgan fingerprint density at radius 2 is 2.47 bits per heavy atom. The quantitative estimate of drug-likeness (QED) is 0.768. The van der Waals surface area contributed by atoms with Crippen LogP contribution in [-0.2, 0) is 11.3 Å². The van der Waals surface area contributed by atoms with E-state index in [2.05, 4.69) is 35.3 Å². The zero-order valence-corrected chi connectivity index (χ0v) is 10.3. The van der Waals surface area contributed by atoms with Gasteiger partial charge >= 0.3 is 0 Å².